The van der Waals surface area contributed by atoms with Crippen molar-refractivity contribution in [2.45, 2.75) is 24.5 Å². The van der Waals surface area contributed by atoms with Crippen LogP contribution in [0.15, 0.2) is 28.7 Å². The largest absolute Gasteiger partial charge is 0.453 e. The summed E-state index contributed by atoms with van der Waals surface area (Å²) in [5.74, 6) is 1.05. The number of carbonyl (C=O) groups is 1. The Labute approximate surface area is 109 Å². The predicted octanol–water partition coefficient (Wildman–Crippen LogP) is 4.04. The summed E-state index contributed by atoms with van der Waals surface area (Å²) in [5, 5.41) is 0.643. The number of ketones is 1. The number of thioether (sulfide) groups is 1. The smallest absolute Gasteiger partial charge is 0.213 e. The monoisotopic (exact) mass is 264 g/mol. The van der Waals surface area contributed by atoms with Gasteiger partial charge in [-0.05, 0) is 49.8 Å². The molecular weight excluding hydrogens is 251 g/mol. The van der Waals surface area contributed by atoms with Crippen molar-refractivity contribution in [3.8, 4) is 0 Å². The van der Waals surface area contributed by atoms with Gasteiger partial charge in [0.05, 0.1) is 4.75 Å². The molecule has 1 aromatic heterocycles. The van der Waals surface area contributed by atoms with Crippen LogP contribution in [0.3, 0.4) is 0 Å². The first-order valence-electron chi connectivity index (χ1n) is 5.96. The van der Waals surface area contributed by atoms with E-state index in [-0.39, 0.29) is 16.3 Å². The van der Waals surface area contributed by atoms with Gasteiger partial charge in [0.15, 0.2) is 5.76 Å². The van der Waals surface area contributed by atoms with E-state index < -0.39 is 0 Å². The Balaban J connectivity index is 2.01. The number of hydrogen-bond donors (Lipinski definition) is 0. The molecule has 1 fully saturated rings. The molecule has 0 aliphatic carbocycles. The van der Waals surface area contributed by atoms with E-state index in [2.05, 4.69) is 0 Å². The molecule has 0 amide bonds. The molecule has 3 rings (SSSR count). The van der Waals surface area contributed by atoms with Gasteiger partial charge in [0.25, 0.3) is 0 Å². The Morgan fingerprint density at radius 1 is 1.44 bits per heavy atom. The second-order valence-corrected chi connectivity index (χ2v) is 6.40. The van der Waals surface area contributed by atoms with Crippen LogP contribution in [0.25, 0.3) is 11.0 Å². The van der Waals surface area contributed by atoms with Crippen molar-refractivity contribution in [2.24, 2.45) is 0 Å². The summed E-state index contributed by atoms with van der Waals surface area (Å²) < 4.78 is 18.2. The Bertz CT molecular complexity index is 611. The fourth-order valence-electron chi connectivity index (χ4n) is 2.34. The van der Waals surface area contributed by atoms with E-state index in [0.717, 1.165) is 18.6 Å². The predicted molar refractivity (Wildman–Crippen MR) is 70.6 cm³/mol. The fraction of sp³-hybridized carbons (Fsp3) is 0.357. The molecule has 94 valence electrons. The zero-order valence-corrected chi connectivity index (χ0v) is 10.8. The van der Waals surface area contributed by atoms with Crippen molar-refractivity contribution >= 4 is 28.5 Å². The van der Waals surface area contributed by atoms with Crippen LogP contribution in [0.2, 0.25) is 0 Å². The molecule has 0 radical (unpaired) electrons. The molecule has 1 aromatic carbocycles. The highest BCUT2D eigenvalue weighted by molar-refractivity contribution is 8.01. The lowest BCUT2D eigenvalue weighted by atomic mass is 9.98. The zero-order valence-electron chi connectivity index (χ0n) is 10.0. The number of carbonyl (C=O) groups excluding carboxylic acids is 1. The minimum Gasteiger partial charge on any atom is -0.453 e. The van der Waals surface area contributed by atoms with Gasteiger partial charge in [-0.2, -0.15) is 0 Å². The average molecular weight is 264 g/mol. The van der Waals surface area contributed by atoms with E-state index in [1.165, 1.54) is 12.1 Å². The molecule has 0 bridgehead atoms. The number of benzene rings is 1. The lowest BCUT2D eigenvalue weighted by Crippen LogP contribution is -2.28. The van der Waals surface area contributed by atoms with Gasteiger partial charge in [-0.25, -0.2) is 4.39 Å². The molecule has 1 unspecified atom stereocenters. The first-order valence-corrected chi connectivity index (χ1v) is 6.95. The molecule has 0 saturated carbocycles. The van der Waals surface area contributed by atoms with Crippen molar-refractivity contribution in [3.63, 3.8) is 0 Å². The van der Waals surface area contributed by atoms with E-state index in [9.17, 15) is 9.18 Å². The molecule has 1 aliphatic rings. The summed E-state index contributed by atoms with van der Waals surface area (Å²) in [4.78, 5) is 12.4. The number of fused-ring (bicyclic) bond motifs is 1. The van der Waals surface area contributed by atoms with Gasteiger partial charge in [0.1, 0.15) is 11.4 Å². The summed E-state index contributed by atoms with van der Waals surface area (Å²) >= 11 is 1.68. The Morgan fingerprint density at radius 2 is 2.28 bits per heavy atom. The van der Waals surface area contributed by atoms with Crippen molar-refractivity contribution in [2.75, 3.05) is 5.75 Å². The lowest BCUT2D eigenvalue weighted by Gasteiger charge is -2.18. The van der Waals surface area contributed by atoms with Crippen molar-refractivity contribution in [1.82, 2.24) is 0 Å². The molecule has 0 N–H and O–H groups in total. The Kier molecular flexibility index (Phi) is 2.70. The maximum Gasteiger partial charge on any atom is 0.213 e. The summed E-state index contributed by atoms with van der Waals surface area (Å²) in [6.07, 6.45) is 1.93. The van der Waals surface area contributed by atoms with E-state index in [1.807, 2.05) is 6.92 Å². The van der Waals surface area contributed by atoms with E-state index in [1.54, 1.807) is 23.9 Å². The third-order valence-corrected chi connectivity index (χ3v) is 4.92. The average Bonchev–Trinajstić information content (AvgIpc) is 2.94. The second-order valence-electron chi connectivity index (χ2n) is 4.80. The van der Waals surface area contributed by atoms with Crippen LogP contribution in [-0.2, 0) is 0 Å². The van der Waals surface area contributed by atoms with Crippen molar-refractivity contribution in [1.29, 1.82) is 0 Å². The van der Waals surface area contributed by atoms with E-state index in [4.69, 9.17) is 4.42 Å². The van der Waals surface area contributed by atoms with Gasteiger partial charge in [0.2, 0.25) is 5.78 Å². The zero-order chi connectivity index (χ0) is 12.8. The molecule has 18 heavy (non-hydrogen) atoms. The third kappa shape index (κ3) is 1.85. The molecule has 1 atom stereocenters. The highest BCUT2D eigenvalue weighted by Gasteiger charge is 2.39. The van der Waals surface area contributed by atoms with Crippen LogP contribution in [0.1, 0.15) is 30.3 Å². The van der Waals surface area contributed by atoms with Crippen LogP contribution in [-0.4, -0.2) is 16.3 Å². The first-order chi connectivity index (χ1) is 8.58. The second kappa shape index (κ2) is 4.12. The molecule has 4 heteroatoms. The highest BCUT2D eigenvalue weighted by Crippen LogP contribution is 2.40. The molecule has 2 nitrogen and oxygen atoms in total. The standard InChI is InChI=1S/C14H13FO2S/c1-14(5-2-6-18-14)13(16)12-8-9-7-10(15)3-4-11(9)17-12/h3-4,7-8H,2,5-6H2,1H3. The maximum atomic E-state index is 13.1. The van der Waals surface area contributed by atoms with Gasteiger partial charge in [0, 0.05) is 5.39 Å². The molecule has 1 saturated heterocycles. The number of Topliss-reactive ketones (excluding diaryl/α,β-unsaturated/α-hetero) is 1. The SMILES string of the molecule is CC1(C(=O)c2cc3cc(F)ccc3o2)CCCS1. The van der Waals surface area contributed by atoms with Gasteiger partial charge in [-0.3, -0.25) is 4.79 Å². The lowest BCUT2D eigenvalue weighted by molar-refractivity contribution is 0.0923. The Morgan fingerprint density at radius 3 is 3.00 bits per heavy atom. The fourth-order valence-corrected chi connectivity index (χ4v) is 3.60. The van der Waals surface area contributed by atoms with Gasteiger partial charge >= 0.3 is 0 Å². The number of halogens is 1. The normalized spacial score (nSPS) is 23.7. The van der Waals surface area contributed by atoms with Crippen molar-refractivity contribution in [3.05, 3.63) is 35.8 Å². The summed E-state index contributed by atoms with van der Waals surface area (Å²) in [6.45, 7) is 1.96. The van der Waals surface area contributed by atoms with Gasteiger partial charge in [-0.15, -0.1) is 11.8 Å². The van der Waals surface area contributed by atoms with Crippen LogP contribution < -0.4 is 0 Å². The summed E-state index contributed by atoms with van der Waals surface area (Å²) in [7, 11) is 0. The van der Waals surface area contributed by atoms with E-state index in [0.29, 0.717) is 16.7 Å². The van der Waals surface area contributed by atoms with E-state index >= 15 is 0 Å². The third-order valence-electron chi connectivity index (χ3n) is 3.40. The quantitative estimate of drug-likeness (QED) is 0.767. The van der Waals surface area contributed by atoms with Gasteiger partial charge in [-0.1, -0.05) is 0 Å². The first kappa shape index (κ1) is 11.8. The summed E-state index contributed by atoms with van der Waals surface area (Å²) in [6, 6.07) is 5.93. The molecule has 0 spiro atoms. The summed E-state index contributed by atoms with van der Waals surface area (Å²) in [5.41, 5.74) is 0.561. The molecular formula is C14H13FO2S. The van der Waals surface area contributed by atoms with Crippen LogP contribution in [0.4, 0.5) is 4.39 Å². The maximum absolute atomic E-state index is 13.1. The van der Waals surface area contributed by atoms with Gasteiger partial charge < -0.3 is 4.42 Å². The topological polar surface area (TPSA) is 30.2 Å². The molecule has 1 aliphatic heterocycles. The van der Waals surface area contributed by atoms with Crippen LogP contribution >= 0.6 is 11.8 Å². The minimum absolute atomic E-state index is 0.0154. The van der Waals surface area contributed by atoms with Crippen LogP contribution in [0, 0.1) is 5.82 Å². The highest BCUT2D eigenvalue weighted by atomic mass is 32.2. The Hall–Kier alpha value is -1.29. The molecule has 2 heterocycles. The molecule has 2 aromatic rings. The number of hydrogen-bond acceptors (Lipinski definition) is 3. The van der Waals surface area contributed by atoms with Crippen LogP contribution in [0.5, 0.6) is 0 Å². The number of rotatable bonds is 2. The minimum atomic E-state index is -0.383. The number of furan rings is 1. The van der Waals surface area contributed by atoms with Crippen molar-refractivity contribution < 1.29 is 13.6 Å².